The number of carbonyl (C=O) groups is 1. The minimum absolute atomic E-state index is 0.365. The zero-order valence-corrected chi connectivity index (χ0v) is 12.2. The van der Waals surface area contributed by atoms with Gasteiger partial charge in [0, 0.05) is 10.6 Å². The highest BCUT2D eigenvalue weighted by atomic mass is 35.5. The number of aromatic nitrogens is 4. The number of nitrogens with zero attached hydrogens (tertiary/aromatic N) is 4. The van der Waals surface area contributed by atoms with Crippen LogP contribution in [0.4, 0.5) is 0 Å². The van der Waals surface area contributed by atoms with Gasteiger partial charge in [-0.25, -0.2) is 4.68 Å². The Morgan fingerprint density at radius 2 is 2.10 bits per heavy atom. The molecule has 2 rings (SSSR count). The molecule has 2 unspecified atom stereocenters. The van der Waals surface area contributed by atoms with E-state index in [2.05, 4.69) is 15.5 Å². The van der Waals surface area contributed by atoms with Crippen molar-refractivity contribution in [2.45, 2.75) is 26.8 Å². The lowest BCUT2D eigenvalue weighted by Crippen LogP contribution is -2.23. The maximum absolute atomic E-state index is 11.1. The summed E-state index contributed by atoms with van der Waals surface area (Å²) in [5.41, 5.74) is 1.77. The van der Waals surface area contributed by atoms with Crippen molar-refractivity contribution in [3.63, 3.8) is 0 Å². The van der Waals surface area contributed by atoms with E-state index in [1.54, 1.807) is 26.0 Å². The Hall–Kier alpha value is -1.95. The van der Waals surface area contributed by atoms with Crippen LogP contribution < -0.4 is 0 Å². The molecule has 0 radical (unpaired) electrons. The van der Waals surface area contributed by atoms with Crippen molar-refractivity contribution in [2.24, 2.45) is 5.92 Å². The highest BCUT2D eigenvalue weighted by molar-refractivity contribution is 6.30. The Balaban J connectivity index is 2.48. The second-order valence-corrected chi connectivity index (χ2v) is 5.21. The van der Waals surface area contributed by atoms with E-state index in [0.717, 1.165) is 11.1 Å². The average Bonchev–Trinajstić information content (AvgIpc) is 2.88. The molecule has 0 aliphatic heterocycles. The predicted octanol–water partition coefficient (Wildman–Crippen LogP) is 2.58. The lowest BCUT2D eigenvalue weighted by atomic mass is 10.0. The normalized spacial score (nSPS) is 14.0. The maximum atomic E-state index is 11.1. The van der Waals surface area contributed by atoms with Gasteiger partial charge in [-0.1, -0.05) is 17.7 Å². The summed E-state index contributed by atoms with van der Waals surface area (Å²) in [7, 11) is 0. The molecule has 0 saturated carbocycles. The summed E-state index contributed by atoms with van der Waals surface area (Å²) < 4.78 is 1.53. The first kappa shape index (κ1) is 14.5. The molecule has 0 aliphatic carbocycles. The molecule has 6 nitrogen and oxygen atoms in total. The van der Waals surface area contributed by atoms with Crippen LogP contribution in [0.25, 0.3) is 11.4 Å². The lowest BCUT2D eigenvalue weighted by Gasteiger charge is -2.17. The van der Waals surface area contributed by atoms with Crippen LogP contribution in [0.2, 0.25) is 5.02 Å². The standard InChI is InChI=1S/C13H15ClN4O2/c1-7-4-5-10(14)6-11(7)12-15-16-17-18(12)9(3)8(2)13(19)20/h4-6,8-9H,1-3H3,(H,19,20). The van der Waals surface area contributed by atoms with Crippen molar-refractivity contribution in [3.05, 3.63) is 28.8 Å². The molecule has 0 aliphatic rings. The van der Waals surface area contributed by atoms with Crippen molar-refractivity contribution in [2.75, 3.05) is 0 Å². The molecule has 0 fully saturated rings. The van der Waals surface area contributed by atoms with E-state index < -0.39 is 11.9 Å². The summed E-state index contributed by atoms with van der Waals surface area (Å²) in [5, 5.41) is 21.3. The van der Waals surface area contributed by atoms with Gasteiger partial charge in [-0.15, -0.1) is 5.10 Å². The highest BCUT2D eigenvalue weighted by Gasteiger charge is 2.25. The lowest BCUT2D eigenvalue weighted by molar-refractivity contribution is -0.142. The molecule has 1 aromatic heterocycles. The van der Waals surface area contributed by atoms with Crippen molar-refractivity contribution in [3.8, 4) is 11.4 Å². The van der Waals surface area contributed by atoms with E-state index in [9.17, 15) is 4.79 Å². The monoisotopic (exact) mass is 294 g/mol. The number of carboxylic acids is 1. The largest absolute Gasteiger partial charge is 0.481 e. The SMILES string of the molecule is Cc1ccc(Cl)cc1-c1nnnn1C(C)C(C)C(=O)O. The van der Waals surface area contributed by atoms with E-state index in [4.69, 9.17) is 16.7 Å². The van der Waals surface area contributed by atoms with Crippen LogP contribution >= 0.6 is 11.6 Å². The molecule has 0 saturated heterocycles. The van der Waals surface area contributed by atoms with Crippen molar-refractivity contribution >= 4 is 17.6 Å². The number of aryl methyl sites for hydroxylation is 1. The van der Waals surface area contributed by atoms with E-state index >= 15 is 0 Å². The summed E-state index contributed by atoms with van der Waals surface area (Å²) in [6.07, 6.45) is 0. The van der Waals surface area contributed by atoms with E-state index in [0.29, 0.717) is 10.8 Å². The third-order valence-electron chi connectivity index (χ3n) is 3.43. The fraction of sp³-hybridized carbons (Fsp3) is 0.385. The molecule has 2 atom stereocenters. The van der Waals surface area contributed by atoms with Gasteiger partial charge in [0.05, 0.1) is 12.0 Å². The minimum Gasteiger partial charge on any atom is -0.481 e. The van der Waals surface area contributed by atoms with Crippen LogP contribution in [0.3, 0.4) is 0 Å². The number of rotatable bonds is 4. The van der Waals surface area contributed by atoms with Crippen molar-refractivity contribution in [1.82, 2.24) is 20.2 Å². The van der Waals surface area contributed by atoms with E-state index in [-0.39, 0.29) is 6.04 Å². The number of tetrazole rings is 1. The van der Waals surface area contributed by atoms with Crippen LogP contribution in [-0.2, 0) is 4.79 Å². The molecule has 2 aromatic rings. The fourth-order valence-electron chi connectivity index (χ4n) is 1.90. The summed E-state index contributed by atoms with van der Waals surface area (Å²) in [6, 6.07) is 5.08. The first-order valence-corrected chi connectivity index (χ1v) is 6.56. The Labute approximate surface area is 121 Å². The Morgan fingerprint density at radius 1 is 1.40 bits per heavy atom. The third-order valence-corrected chi connectivity index (χ3v) is 3.67. The zero-order valence-electron chi connectivity index (χ0n) is 11.4. The number of aliphatic carboxylic acids is 1. The van der Waals surface area contributed by atoms with Gasteiger partial charge in [0.2, 0.25) is 0 Å². The smallest absolute Gasteiger partial charge is 0.308 e. The van der Waals surface area contributed by atoms with Gasteiger partial charge in [0.1, 0.15) is 0 Å². The Bertz CT molecular complexity index is 641. The molecule has 0 bridgehead atoms. The molecule has 20 heavy (non-hydrogen) atoms. The van der Waals surface area contributed by atoms with Gasteiger partial charge in [-0.2, -0.15) is 0 Å². The van der Waals surface area contributed by atoms with Crippen LogP contribution in [0, 0.1) is 12.8 Å². The number of hydrogen-bond acceptors (Lipinski definition) is 4. The molecule has 106 valence electrons. The summed E-state index contributed by atoms with van der Waals surface area (Å²) >= 11 is 6.01. The summed E-state index contributed by atoms with van der Waals surface area (Å²) in [4.78, 5) is 11.1. The van der Waals surface area contributed by atoms with Crippen LogP contribution in [0.1, 0.15) is 25.5 Å². The first-order chi connectivity index (χ1) is 9.41. The minimum atomic E-state index is -0.887. The second-order valence-electron chi connectivity index (χ2n) is 4.77. The summed E-state index contributed by atoms with van der Waals surface area (Å²) in [6.45, 7) is 5.33. The van der Waals surface area contributed by atoms with Crippen LogP contribution in [-0.4, -0.2) is 31.3 Å². The second kappa shape index (κ2) is 5.58. The van der Waals surface area contributed by atoms with Crippen molar-refractivity contribution < 1.29 is 9.90 Å². The van der Waals surface area contributed by atoms with Gasteiger partial charge in [0.15, 0.2) is 5.82 Å². The average molecular weight is 295 g/mol. The molecule has 0 amide bonds. The number of hydrogen-bond donors (Lipinski definition) is 1. The maximum Gasteiger partial charge on any atom is 0.308 e. The van der Waals surface area contributed by atoms with Gasteiger partial charge >= 0.3 is 5.97 Å². The van der Waals surface area contributed by atoms with E-state index in [1.807, 2.05) is 13.0 Å². The Kier molecular flexibility index (Phi) is 4.04. The van der Waals surface area contributed by atoms with Crippen molar-refractivity contribution in [1.29, 1.82) is 0 Å². The van der Waals surface area contributed by atoms with Gasteiger partial charge < -0.3 is 5.11 Å². The Morgan fingerprint density at radius 3 is 2.75 bits per heavy atom. The van der Waals surface area contributed by atoms with Gasteiger partial charge in [-0.3, -0.25) is 4.79 Å². The molecular formula is C13H15ClN4O2. The molecule has 1 aromatic carbocycles. The summed E-state index contributed by atoms with van der Waals surface area (Å²) in [5.74, 6) is -0.968. The number of carboxylic acid groups (broad SMARTS) is 1. The van der Waals surface area contributed by atoms with Crippen LogP contribution in [0.5, 0.6) is 0 Å². The number of halogens is 1. The van der Waals surface area contributed by atoms with Crippen LogP contribution in [0.15, 0.2) is 18.2 Å². The molecular weight excluding hydrogens is 280 g/mol. The van der Waals surface area contributed by atoms with Gasteiger partial charge in [0.25, 0.3) is 0 Å². The highest BCUT2D eigenvalue weighted by Crippen LogP contribution is 2.28. The first-order valence-electron chi connectivity index (χ1n) is 6.19. The quantitative estimate of drug-likeness (QED) is 0.937. The topological polar surface area (TPSA) is 80.9 Å². The third kappa shape index (κ3) is 2.65. The van der Waals surface area contributed by atoms with Gasteiger partial charge in [-0.05, 0) is 48.9 Å². The molecule has 1 N–H and O–H groups in total. The molecule has 1 heterocycles. The van der Waals surface area contributed by atoms with E-state index in [1.165, 1.54) is 4.68 Å². The molecule has 0 spiro atoms. The zero-order chi connectivity index (χ0) is 14.9. The number of benzene rings is 1. The fourth-order valence-corrected chi connectivity index (χ4v) is 2.07. The predicted molar refractivity (Wildman–Crippen MR) is 74.5 cm³/mol. The molecule has 7 heteroatoms.